The van der Waals surface area contributed by atoms with Crippen LogP contribution in [-0.2, 0) is 4.74 Å². The summed E-state index contributed by atoms with van der Waals surface area (Å²) in [7, 11) is 1.59. The molecule has 0 bridgehead atoms. The fourth-order valence-electron chi connectivity index (χ4n) is 2.52. The van der Waals surface area contributed by atoms with Gasteiger partial charge in [0.15, 0.2) is 0 Å². The number of aliphatic hydroxyl groups is 1. The first-order valence-electron chi connectivity index (χ1n) is 6.85. The molecule has 0 amide bonds. The number of aliphatic hydroxyl groups excluding tert-OH is 1. The number of benzene rings is 1. The fourth-order valence-corrected chi connectivity index (χ4v) is 2.52. The molecule has 2 N–H and O–H groups in total. The lowest BCUT2D eigenvalue weighted by Gasteiger charge is -2.36. The minimum absolute atomic E-state index is 0.176. The summed E-state index contributed by atoms with van der Waals surface area (Å²) in [4.78, 5) is 0. The third kappa shape index (κ3) is 4.27. The van der Waals surface area contributed by atoms with E-state index in [0.717, 1.165) is 19.4 Å². The van der Waals surface area contributed by atoms with E-state index >= 15 is 0 Å². The molecule has 0 spiro atoms. The minimum Gasteiger partial charge on any atom is -0.391 e. The van der Waals surface area contributed by atoms with E-state index in [1.54, 1.807) is 7.11 Å². The Bertz CT molecular complexity index is 376. The van der Waals surface area contributed by atoms with E-state index in [0.29, 0.717) is 25.0 Å². The topological polar surface area (TPSA) is 41.5 Å². The van der Waals surface area contributed by atoms with Gasteiger partial charge in [-0.25, -0.2) is 4.39 Å². The van der Waals surface area contributed by atoms with Crippen LogP contribution in [0.5, 0.6) is 0 Å². The molecular weight excluding hydrogens is 245 g/mol. The van der Waals surface area contributed by atoms with Crippen LogP contribution < -0.4 is 5.32 Å². The molecule has 0 aliphatic heterocycles. The third-order valence-electron chi connectivity index (χ3n) is 3.75. The highest BCUT2D eigenvalue weighted by atomic mass is 19.1. The van der Waals surface area contributed by atoms with Crippen molar-refractivity contribution >= 4 is 0 Å². The van der Waals surface area contributed by atoms with Gasteiger partial charge in [-0.3, -0.25) is 0 Å². The molecule has 1 saturated carbocycles. The van der Waals surface area contributed by atoms with Crippen LogP contribution >= 0.6 is 0 Å². The summed E-state index contributed by atoms with van der Waals surface area (Å²) < 4.78 is 17.7. The van der Waals surface area contributed by atoms with Crippen LogP contribution in [0, 0.1) is 5.82 Å². The molecule has 19 heavy (non-hydrogen) atoms. The van der Waals surface area contributed by atoms with Crippen molar-refractivity contribution < 1.29 is 14.2 Å². The Morgan fingerprint density at radius 3 is 2.68 bits per heavy atom. The van der Waals surface area contributed by atoms with Crippen molar-refractivity contribution in [1.29, 1.82) is 0 Å². The van der Waals surface area contributed by atoms with Crippen LogP contribution in [0.4, 0.5) is 4.39 Å². The number of ether oxygens (including phenoxy) is 1. The maximum Gasteiger partial charge on any atom is 0.123 e. The first kappa shape index (κ1) is 14.4. The smallest absolute Gasteiger partial charge is 0.123 e. The van der Waals surface area contributed by atoms with Crippen molar-refractivity contribution in [2.45, 2.75) is 37.3 Å². The zero-order valence-electron chi connectivity index (χ0n) is 11.3. The number of nitrogens with one attached hydrogen (secondary N) is 1. The molecule has 1 fully saturated rings. The Morgan fingerprint density at radius 2 is 2.05 bits per heavy atom. The molecule has 1 aromatic carbocycles. The number of hydrogen-bond acceptors (Lipinski definition) is 3. The Labute approximate surface area is 113 Å². The largest absolute Gasteiger partial charge is 0.391 e. The highest BCUT2D eigenvalue weighted by Gasteiger charge is 2.29. The molecule has 1 unspecified atom stereocenters. The van der Waals surface area contributed by atoms with Gasteiger partial charge in [0.2, 0.25) is 0 Å². The average Bonchev–Trinajstić information content (AvgIpc) is 2.34. The second kappa shape index (κ2) is 6.98. The first-order chi connectivity index (χ1) is 9.19. The van der Waals surface area contributed by atoms with Gasteiger partial charge >= 0.3 is 0 Å². The SMILES string of the molecule is COCC(O)CCNC1CC(c2ccc(F)cc2)C1. The predicted octanol–water partition coefficient (Wildman–Crippen LogP) is 2.06. The van der Waals surface area contributed by atoms with E-state index in [2.05, 4.69) is 5.32 Å². The Balaban J connectivity index is 1.62. The van der Waals surface area contributed by atoms with Gasteiger partial charge in [0, 0.05) is 13.2 Å². The van der Waals surface area contributed by atoms with Crippen LogP contribution in [-0.4, -0.2) is 37.5 Å². The minimum atomic E-state index is -0.384. The quantitative estimate of drug-likeness (QED) is 0.794. The summed E-state index contributed by atoms with van der Waals surface area (Å²) in [5, 5.41) is 12.9. The number of hydrogen-bond donors (Lipinski definition) is 2. The molecule has 0 saturated heterocycles. The molecule has 0 heterocycles. The van der Waals surface area contributed by atoms with Crippen molar-refractivity contribution in [2.24, 2.45) is 0 Å². The zero-order chi connectivity index (χ0) is 13.7. The van der Waals surface area contributed by atoms with Crippen molar-refractivity contribution in [1.82, 2.24) is 5.32 Å². The van der Waals surface area contributed by atoms with Gasteiger partial charge in [-0.1, -0.05) is 12.1 Å². The molecule has 1 aromatic rings. The molecule has 1 aliphatic rings. The standard InChI is InChI=1S/C15H22FNO2/c1-19-10-15(18)6-7-17-14-8-12(9-14)11-2-4-13(16)5-3-11/h2-5,12,14-15,17-18H,6-10H2,1H3. The van der Waals surface area contributed by atoms with Crippen LogP contribution in [0.3, 0.4) is 0 Å². The van der Waals surface area contributed by atoms with Gasteiger partial charge in [-0.05, 0) is 49.4 Å². The summed E-state index contributed by atoms with van der Waals surface area (Å²) in [6, 6.07) is 7.32. The van der Waals surface area contributed by atoms with Crippen molar-refractivity contribution in [2.75, 3.05) is 20.3 Å². The molecule has 106 valence electrons. The monoisotopic (exact) mass is 267 g/mol. The van der Waals surface area contributed by atoms with E-state index in [4.69, 9.17) is 4.74 Å². The van der Waals surface area contributed by atoms with Crippen LogP contribution in [0.2, 0.25) is 0 Å². The summed E-state index contributed by atoms with van der Waals surface area (Å²) >= 11 is 0. The molecule has 0 radical (unpaired) electrons. The Hall–Kier alpha value is -0.970. The van der Waals surface area contributed by atoms with Crippen molar-refractivity contribution in [3.63, 3.8) is 0 Å². The lowest BCUT2D eigenvalue weighted by atomic mass is 9.76. The molecule has 1 aliphatic carbocycles. The van der Waals surface area contributed by atoms with E-state index in [1.165, 1.54) is 17.7 Å². The maximum absolute atomic E-state index is 12.8. The van der Waals surface area contributed by atoms with Gasteiger partial charge in [0.05, 0.1) is 12.7 Å². The molecular formula is C15H22FNO2. The highest BCUT2D eigenvalue weighted by molar-refractivity contribution is 5.23. The van der Waals surface area contributed by atoms with E-state index in [9.17, 15) is 9.50 Å². The normalized spacial score (nSPS) is 23.9. The van der Waals surface area contributed by atoms with E-state index in [-0.39, 0.29) is 11.9 Å². The molecule has 0 aromatic heterocycles. The van der Waals surface area contributed by atoms with E-state index < -0.39 is 0 Å². The van der Waals surface area contributed by atoms with Crippen LogP contribution in [0.15, 0.2) is 24.3 Å². The summed E-state index contributed by atoms with van der Waals surface area (Å²) in [5.74, 6) is 0.367. The van der Waals surface area contributed by atoms with Gasteiger partial charge in [0.25, 0.3) is 0 Å². The van der Waals surface area contributed by atoms with Gasteiger partial charge < -0.3 is 15.2 Å². The van der Waals surface area contributed by atoms with Gasteiger partial charge in [0.1, 0.15) is 5.82 Å². The molecule has 2 rings (SSSR count). The van der Waals surface area contributed by atoms with Crippen LogP contribution in [0.25, 0.3) is 0 Å². The second-order valence-corrected chi connectivity index (χ2v) is 5.27. The maximum atomic E-state index is 12.8. The summed E-state index contributed by atoms with van der Waals surface area (Å²) in [6.45, 7) is 1.20. The lowest BCUT2D eigenvalue weighted by Crippen LogP contribution is -2.41. The summed E-state index contributed by atoms with van der Waals surface area (Å²) in [5.41, 5.74) is 1.22. The van der Waals surface area contributed by atoms with Crippen molar-refractivity contribution in [3.8, 4) is 0 Å². The second-order valence-electron chi connectivity index (χ2n) is 5.27. The van der Waals surface area contributed by atoms with Gasteiger partial charge in [-0.15, -0.1) is 0 Å². The fraction of sp³-hybridized carbons (Fsp3) is 0.600. The van der Waals surface area contributed by atoms with Gasteiger partial charge in [-0.2, -0.15) is 0 Å². The first-order valence-corrected chi connectivity index (χ1v) is 6.85. The number of methoxy groups -OCH3 is 1. The van der Waals surface area contributed by atoms with Crippen LogP contribution in [0.1, 0.15) is 30.7 Å². The summed E-state index contributed by atoms with van der Waals surface area (Å²) in [6.07, 6.45) is 2.51. The lowest BCUT2D eigenvalue weighted by molar-refractivity contribution is 0.0582. The third-order valence-corrected chi connectivity index (χ3v) is 3.75. The molecule has 3 nitrogen and oxygen atoms in total. The zero-order valence-corrected chi connectivity index (χ0v) is 11.3. The molecule has 4 heteroatoms. The van der Waals surface area contributed by atoms with Crippen molar-refractivity contribution in [3.05, 3.63) is 35.6 Å². The predicted molar refractivity (Wildman–Crippen MR) is 72.7 cm³/mol. The highest BCUT2D eigenvalue weighted by Crippen LogP contribution is 2.36. The molecule has 1 atom stereocenters. The van der Waals surface area contributed by atoms with E-state index in [1.807, 2.05) is 12.1 Å². The average molecular weight is 267 g/mol. The Kier molecular flexibility index (Phi) is 5.31. The number of rotatable bonds is 7. The Morgan fingerprint density at radius 1 is 1.37 bits per heavy atom. The number of halogens is 1.